The maximum Gasteiger partial charge on any atom is 0.160 e. The number of benzene rings is 2. The van der Waals surface area contributed by atoms with Crippen LogP contribution in [0.1, 0.15) is 12.0 Å². The number of thioether (sulfide) groups is 1. The number of aliphatic hydroxyl groups is 1. The first-order valence-corrected chi connectivity index (χ1v) is 8.43. The summed E-state index contributed by atoms with van der Waals surface area (Å²) in [5, 5.41) is 10.6. The molecule has 4 heteroatoms. The van der Waals surface area contributed by atoms with Crippen molar-refractivity contribution in [3.05, 3.63) is 72.6 Å². The minimum absolute atomic E-state index is 0.142. The largest absolute Gasteiger partial charge is 0.374 e. The average Bonchev–Trinajstić information content (AvgIpc) is 3.12. The SMILES string of the molecule is OC(CCc1ccccc1)N1C=CN2c3ccccc3SC21. The molecule has 2 unspecified atom stereocenters. The van der Waals surface area contributed by atoms with Crippen molar-refractivity contribution < 1.29 is 5.11 Å². The van der Waals surface area contributed by atoms with Gasteiger partial charge in [0.15, 0.2) is 5.50 Å². The standard InChI is InChI=1S/C18H18N2OS/c21-17(11-10-14-6-2-1-3-7-14)20-13-12-19-15-8-4-5-9-16(15)22-18(19)20/h1-9,12-13,17-18,21H,10-11H2. The highest BCUT2D eigenvalue weighted by molar-refractivity contribution is 8.00. The van der Waals surface area contributed by atoms with Crippen molar-refractivity contribution in [1.29, 1.82) is 0 Å². The van der Waals surface area contributed by atoms with Gasteiger partial charge in [-0.3, -0.25) is 0 Å². The van der Waals surface area contributed by atoms with Gasteiger partial charge in [-0.2, -0.15) is 0 Å². The molecule has 0 radical (unpaired) electrons. The van der Waals surface area contributed by atoms with Crippen molar-refractivity contribution in [2.75, 3.05) is 4.90 Å². The Balaban J connectivity index is 1.43. The van der Waals surface area contributed by atoms with Crippen molar-refractivity contribution in [3.63, 3.8) is 0 Å². The lowest BCUT2D eigenvalue weighted by molar-refractivity contribution is 0.0310. The smallest absolute Gasteiger partial charge is 0.160 e. The average molecular weight is 310 g/mol. The van der Waals surface area contributed by atoms with E-state index in [4.69, 9.17) is 0 Å². The molecule has 0 aromatic heterocycles. The molecule has 2 aliphatic heterocycles. The number of aliphatic hydroxyl groups excluding tert-OH is 1. The summed E-state index contributed by atoms with van der Waals surface area (Å²) in [4.78, 5) is 5.55. The van der Waals surface area contributed by atoms with Crippen LogP contribution >= 0.6 is 11.8 Å². The Morgan fingerprint density at radius 1 is 1.00 bits per heavy atom. The lowest BCUT2D eigenvalue weighted by Crippen LogP contribution is -2.40. The molecule has 0 fully saturated rings. The zero-order valence-electron chi connectivity index (χ0n) is 12.2. The van der Waals surface area contributed by atoms with Crippen molar-refractivity contribution in [1.82, 2.24) is 4.90 Å². The van der Waals surface area contributed by atoms with Gasteiger partial charge in [0.1, 0.15) is 6.23 Å². The summed E-state index contributed by atoms with van der Waals surface area (Å²) in [6.45, 7) is 0. The maximum atomic E-state index is 10.6. The van der Waals surface area contributed by atoms with Gasteiger partial charge in [0.25, 0.3) is 0 Å². The van der Waals surface area contributed by atoms with Gasteiger partial charge >= 0.3 is 0 Å². The Bertz CT molecular complexity index is 688. The third kappa shape index (κ3) is 2.38. The van der Waals surface area contributed by atoms with Gasteiger partial charge in [-0.05, 0) is 30.5 Å². The first kappa shape index (κ1) is 13.7. The van der Waals surface area contributed by atoms with Gasteiger partial charge in [0.2, 0.25) is 0 Å². The highest BCUT2D eigenvalue weighted by atomic mass is 32.2. The van der Waals surface area contributed by atoms with Crippen LogP contribution in [0.2, 0.25) is 0 Å². The van der Waals surface area contributed by atoms with Gasteiger partial charge in [0.05, 0.1) is 5.69 Å². The molecule has 0 amide bonds. The number of para-hydroxylation sites is 1. The molecular formula is C18H18N2OS. The van der Waals surface area contributed by atoms with Crippen molar-refractivity contribution >= 4 is 17.4 Å². The monoisotopic (exact) mass is 310 g/mol. The van der Waals surface area contributed by atoms with Crippen LogP contribution in [0, 0.1) is 0 Å². The Labute approximate surface area is 134 Å². The fourth-order valence-electron chi connectivity index (χ4n) is 2.98. The number of rotatable bonds is 4. The maximum absolute atomic E-state index is 10.6. The molecule has 0 saturated heterocycles. The third-order valence-electron chi connectivity index (χ3n) is 4.15. The number of aryl methyl sites for hydroxylation is 1. The van der Waals surface area contributed by atoms with E-state index < -0.39 is 6.23 Å². The normalized spacial score (nSPS) is 20.1. The lowest BCUT2D eigenvalue weighted by atomic mass is 10.1. The first-order valence-electron chi connectivity index (χ1n) is 7.55. The molecule has 1 N–H and O–H groups in total. The van der Waals surface area contributed by atoms with Crippen LogP contribution in [-0.2, 0) is 6.42 Å². The second-order valence-electron chi connectivity index (χ2n) is 5.57. The van der Waals surface area contributed by atoms with Gasteiger partial charge in [-0.1, -0.05) is 54.2 Å². The summed E-state index contributed by atoms with van der Waals surface area (Å²) in [5.74, 6) is 0. The molecule has 0 spiro atoms. The van der Waals surface area contributed by atoms with E-state index in [0.29, 0.717) is 0 Å². The number of nitrogens with zero attached hydrogens (tertiary/aromatic N) is 2. The Morgan fingerprint density at radius 3 is 2.64 bits per heavy atom. The Hall–Kier alpha value is -1.91. The zero-order chi connectivity index (χ0) is 14.9. The molecule has 0 saturated carbocycles. The van der Waals surface area contributed by atoms with Crippen LogP contribution in [0.25, 0.3) is 0 Å². The quantitative estimate of drug-likeness (QED) is 0.933. The van der Waals surface area contributed by atoms with E-state index in [9.17, 15) is 5.11 Å². The summed E-state index contributed by atoms with van der Waals surface area (Å²) in [5.41, 5.74) is 2.64. The summed E-state index contributed by atoms with van der Waals surface area (Å²) >= 11 is 1.79. The van der Waals surface area contributed by atoms with Gasteiger partial charge in [-0.15, -0.1) is 0 Å². The Morgan fingerprint density at radius 2 is 1.77 bits per heavy atom. The molecule has 2 heterocycles. The highest BCUT2D eigenvalue weighted by Crippen LogP contribution is 2.47. The Kier molecular flexibility index (Phi) is 3.56. The molecular weight excluding hydrogens is 292 g/mol. The number of hydrogen-bond donors (Lipinski definition) is 1. The predicted molar refractivity (Wildman–Crippen MR) is 90.3 cm³/mol. The van der Waals surface area contributed by atoms with Gasteiger partial charge in [0, 0.05) is 17.3 Å². The molecule has 4 rings (SSSR count). The summed E-state index contributed by atoms with van der Waals surface area (Å²) < 4.78 is 0. The molecule has 112 valence electrons. The van der Waals surface area contributed by atoms with E-state index in [1.807, 2.05) is 29.3 Å². The van der Waals surface area contributed by atoms with E-state index >= 15 is 0 Å². The lowest BCUT2D eigenvalue weighted by Gasteiger charge is -2.30. The molecule has 2 aromatic carbocycles. The summed E-state index contributed by atoms with van der Waals surface area (Å²) in [7, 11) is 0. The molecule has 22 heavy (non-hydrogen) atoms. The fourth-order valence-corrected chi connectivity index (χ4v) is 4.28. The molecule has 0 bridgehead atoms. The van der Waals surface area contributed by atoms with Crippen LogP contribution in [0.4, 0.5) is 5.69 Å². The topological polar surface area (TPSA) is 26.7 Å². The second-order valence-corrected chi connectivity index (χ2v) is 6.67. The van der Waals surface area contributed by atoms with Crippen LogP contribution < -0.4 is 4.90 Å². The van der Waals surface area contributed by atoms with E-state index in [0.717, 1.165) is 12.8 Å². The first-order chi connectivity index (χ1) is 10.8. The van der Waals surface area contributed by atoms with Crippen LogP contribution in [0.5, 0.6) is 0 Å². The van der Waals surface area contributed by atoms with E-state index in [1.54, 1.807) is 11.8 Å². The predicted octanol–water partition coefficient (Wildman–Crippen LogP) is 3.62. The van der Waals surface area contributed by atoms with Gasteiger partial charge in [-0.25, -0.2) is 0 Å². The van der Waals surface area contributed by atoms with Crippen molar-refractivity contribution in [2.45, 2.75) is 29.5 Å². The van der Waals surface area contributed by atoms with E-state index in [1.165, 1.54) is 16.1 Å². The van der Waals surface area contributed by atoms with Crippen LogP contribution in [0.15, 0.2) is 71.9 Å². The fraction of sp³-hybridized carbons (Fsp3) is 0.222. The minimum Gasteiger partial charge on any atom is -0.374 e. The van der Waals surface area contributed by atoms with E-state index in [-0.39, 0.29) is 5.50 Å². The van der Waals surface area contributed by atoms with E-state index in [2.05, 4.69) is 47.5 Å². The number of hydrogen-bond acceptors (Lipinski definition) is 4. The second kappa shape index (κ2) is 5.71. The van der Waals surface area contributed by atoms with Gasteiger partial charge < -0.3 is 14.9 Å². The van der Waals surface area contributed by atoms with Crippen LogP contribution in [-0.4, -0.2) is 21.7 Å². The van der Waals surface area contributed by atoms with Crippen molar-refractivity contribution in [3.8, 4) is 0 Å². The molecule has 2 aromatic rings. The molecule has 3 nitrogen and oxygen atoms in total. The van der Waals surface area contributed by atoms with Crippen molar-refractivity contribution in [2.24, 2.45) is 0 Å². The molecule has 2 atom stereocenters. The summed E-state index contributed by atoms with van der Waals surface area (Å²) in [6, 6.07) is 18.7. The summed E-state index contributed by atoms with van der Waals surface area (Å²) in [6.07, 6.45) is 5.22. The molecule has 0 aliphatic carbocycles. The highest BCUT2D eigenvalue weighted by Gasteiger charge is 2.38. The zero-order valence-corrected chi connectivity index (χ0v) is 13.0. The third-order valence-corrected chi connectivity index (χ3v) is 5.43. The minimum atomic E-state index is -0.465. The number of anilines is 1. The van der Waals surface area contributed by atoms with Crippen LogP contribution in [0.3, 0.4) is 0 Å². The molecule has 2 aliphatic rings. The number of fused-ring (bicyclic) bond motifs is 3.